The predicted molar refractivity (Wildman–Crippen MR) is 101 cm³/mol. The van der Waals surface area contributed by atoms with Crippen molar-refractivity contribution in [1.82, 2.24) is 5.32 Å². The Labute approximate surface area is 159 Å². The fraction of sp³-hybridized carbons (Fsp3) is 0.250. The van der Waals surface area contributed by atoms with Crippen molar-refractivity contribution in [3.8, 4) is 11.3 Å². The minimum Gasteiger partial charge on any atom is -0.457 e. The van der Waals surface area contributed by atoms with Crippen LogP contribution in [0.1, 0.15) is 32.7 Å². The van der Waals surface area contributed by atoms with Gasteiger partial charge in [0.05, 0.1) is 29.6 Å². The van der Waals surface area contributed by atoms with E-state index in [4.69, 9.17) is 4.42 Å². The highest BCUT2D eigenvalue weighted by atomic mass is 32.1. The Morgan fingerprint density at radius 1 is 1.22 bits per heavy atom. The number of benzene rings is 1. The van der Waals surface area contributed by atoms with Crippen molar-refractivity contribution in [1.29, 1.82) is 0 Å². The van der Waals surface area contributed by atoms with Crippen LogP contribution in [-0.4, -0.2) is 19.5 Å². The third-order valence-electron chi connectivity index (χ3n) is 5.18. The Morgan fingerprint density at radius 3 is 2.93 bits per heavy atom. The molecule has 0 radical (unpaired) electrons. The second kappa shape index (κ2) is 6.21. The third-order valence-corrected chi connectivity index (χ3v) is 6.35. The molecule has 0 spiro atoms. The third kappa shape index (κ3) is 2.74. The lowest BCUT2D eigenvalue weighted by Gasteiger charge is -2.25. The van der Waals surface area contributed by atoms with E-state index in [0.717, 1.165) is 30.1 Å². The van der Waals surface area contributed by atoms with Crippen LogP contribution in [0.5, 0.6) is 0 Å². The molecule has 4 heterocycles. The van der Waals surface area contributed by atoms with Crippen LogP contribution < -0.4 is 15.5 Å². The molecule has 5 nitrogen and oxygen atoms in total. The van der Waals surface area contributed by atoms with Gasteiger partial charge in [-0.15, -0.1) is 11.3 Å². The van der Waals surface area contributed by atoms with E-state index in [2.05, 4.69) is 17.7 Å². The number of furan rings is 1. The first kappa shape index (κ1) is 16.5. The quantitative estimate of drug-likeness (QED) is 0.637. The molecule has 2 aromatic heterocycles. The van der Waals surface area contributed by atoms with Crippen molar-refractivity contribution < 1.29 is 18.5 Å². The smallest absolute Gasteiger partial charge is 0.256 e. The van der Waals surface area contributed by atoms with Gasteiger partial charge in [0, 0.05) is 6.42 Å². The maximum Gasteiger partial charge on any atom is 0.256 e. The van der Waals surface area contributed by atoms with Crippen molar-refractivity contribution in [2.24, 2.45) is 0 Å². The molecule has 1 aromatic carbocycles. The Morgan fingerprint density at radius 2 is 2.07 bits per heavy atom. The fourth-order valence-electron chi connectivity index (χ4n) is 3.79. The van der Waals surface area contributed by atoms with Crippen LogP contribution >= 0.6 is 11.3 Å². The molecule has 0 saturated carbocycles. The molecule has 2 aliphatic heterocycles. The van der Waals surface area contributed by atoms with E-state index in [1.54, 1.807) is 41.7 Å². The van der Waals surface area contributed by atoms with Crippen molar-refractivity contribution >= 4 is 22.2 Å². The second-order valence-corrected chi connectivity index (χ2v) is 8.18. The molecule has 2 atom stereocenters. The SMILES string of the molecule is C[NH+]1CCc2c(sc3c2C(=O)N[C@H](c2ccc(-c4ccccc4F)o2)N3)C1. The number of rotatable bonds is 2. The summed E-state index contributed by atoms with van der Waals surface area (Å²) in [6, 6.07) is 9.99. The highest BCUT2D eigenvalue weighted by molar-refractivity contribution is 7.16. The van der Waals surface area contributed by atoms with E-state index < -0.39 is 6.17 Å². The molecule has 7 heteroatoms. The van der Waals surface area contributed by atoms with E-state index in [1.165, 1.54) is 21.4 Å². The average Bonchev–Trinajstić information content (AvgIpc) is 3.26. The summed E-state index contributed by atoms with van der Waals surface area (Å²) >= 11 is 1.65. The lowest BCUT2D eigenvalue weighted by Crippen LogP contribution is -3.08. The largest absolute Gasteiger partial charge is 0.457 e. The molecule has 0 fully saturated rings. The molecule has 0 bridgehead atoms. The number of fused-ring (bicyclic) bond motifs is 3. The number of nitrogens with one attached hydrogen (secondary N) is 3. The van der Waals surface area contributed by atoms with Gasteiger partial charge in [-0.05, 0) is 29.8 Å². The lowest BCUT2D eigenvalue weighted by molar-refractivity contribution is -0.895. The zero-order valence-corrected chi connectivity index (χ0v) is 15.6. The standard InChI is InChI=1S/C20H18FN3O2S/c1-24-9-8-12-16(10-24)27-20-17(12)19(25)22-18(23-20)15-7-6-14(26-15)11-4-2-3-5-13(11)21/h2-7,18,23H,8-10H2,1H3,(H,22,25)/p+1/t18-/m0/s1. The molecule has 0 saturated heterocycles. The van der Waals surface area contributed by atoms with Gasteiger partial charge in [-0.2, -0.15) is 0 Å². The molecule has 0 aliphatic carbocycles. The van der Waals surface area contributed by atoms with Crippen LogP contribution in [0.2, 0.25) is 0 Å². The zero-order valence-electron chi connectivity index (χ0n) is 14.8. The van der Waals surface area contributed by atoms with Gasteiger partial charge in [-0.3, -0.25) is 4.79 Å². The summed E-state index contributed by atoms with van der Waals surface area (Å²) in [5.41, 5.74) is 2.36. The normalized spacial score (nSPS) is 21.2. The van der Waals surface area contributed by atoms with Crippen LogP contribution in [0.25, 0.3) is 11.3 Å². The number of quaternary nitrogens is 1. The van der Waals surface area contributed by atoms with Gasteiger partial charge in [-0.25, -0.2) is 4.39 Å². The molecule has 2 aliphatic rings. The summed E-state index contributed by atoms with van der Waals surface area (Å²) in [6.07, 6.45) is 0.459. The minimum atomic E-state index is -0.462. The Balaban J connectivity index is 1.46. The van der Waals surface area contributed by atoms with E-state index in [-0.39, 0.29) is 11.7 Å². The van der Waals surface area contributed by atoms with Crippen LogP contribution in [0, 0.1) is 5.82 Å². The van der Waals surface area contributed by atoms with Gasteiger partial charge in [0.15, 0.2) is 6.17 Å². The minimum absolute atomic E-state index is 0.0744. The van der Waals surface area contributed by atoms with Crippen LogP contribution in [0.4, 0.5) is 9.39 Å². The number of anilines is 1. The summed E-state index contributed by atoms with van der Waals surface area (Å²) in [6.45, 7) is 1.99. The summed E-state index contributed by atoms with van der Waals surface area (Å²) in [5, 5.41) is 7.26. The zero-order chi connectivity index (χ0) is 18.5. The van der Waals surface area contributed by atoms with Gasteiger partial charge < -0.3 is 20.0 Å². The van der Waals surface area contributed by atoms with Crippen molar-refractivity contribution in [2.75, 3.05) is 18.9 Å². The molecule has 3 aromatic rings. The molecule has 3 N–H and O–H groups in total. The molecule has 1 unspecified atom stereocenters. The van der Waals surface area contributed by atoms with Crippen molar-refractivity contribution in [2.45, 2.75) is 19.1 Å². The molecule has 27 heavy (non-hydrogen) atoms. The maximum atomic E-state index is 14.0. The summed E-state index contributed by atoms with van der Waals surface area (Å²) in [5.74, 6) is 0.593. The molecule has 138 valence electrons. The van der Waals surface area contributed by atoms with Crippen LogP contribution in [-0.2, 0) is 13.0 Å². The number of halogens is 1. The topological polar surface area (TPSA) is 58.7 Å². The van der Waals surface area contributed by atoms with Gasteiger partial charge in [0.1, 0.15) is 28.9 Å². The van der Waals surface area contributed by atoms with Gasteiger partial charge in [-0.1, -0.05) is 12.1 Å². The lowest BCUT2D eigenvalue weighted by atomic mass is 10.0. The van der Waals surface area contributed by atoms with Crippen LogP contribution in [0.3, 0.4) is 0 Å². The summed E-state index contributed by atoms with van der Waals surface area (Å²) in [7, 11) is 2.17. The first-order chi connectivity index (χ1) is 13.1. The Hall–Kier alpha value is -2.64. The van der Waals surface area contributed by atoms with E-state index in [0.29, 0.717) is 17.1 Å². The Kier molecular flexibility index (Phi) is 3.80. The number of carbonyl (C=O) groups excluding carboxylic acids is 1. The van der Waals surface area contributed by atoms with E-state index in [1.807, 2.05) is 0 Å². The number of likely N-dealkylation sites (N-methyl/N-ethyl adjacent to an activating group) is 1. The Bertz CT molecular complexity index is 1040. The number of thiophene rings is 1. The second-order valence-electron chi connectivity index (χ2n) is 7.07. The number of amides is 1. The summed E-state index contributed by atoms with van der Waals surface area (Å²) < 4.78 is 19.9. The number of hydrogen-bond donors (Lipinski definition) is 3. The average molecular weight is 384 g/mol. The predicted octanol–water partition coefficient (Wildman–Crippen LogP) is 2.57. The molecular formula is C20H19FN3O2S+. The van der Waals surface area contributed by atoms with Gasteiger partial charge in [0.25, 0.3) is 5.91 Å². The van der Waals surface area contributed by atoms with Gasteiger partial charge in [0.2, 0.25) is 0 Å². The molecule has 1 amide bonds. The maximum absolute atomic E-state index is 14.0. The first-order valence-electron chi connectivity index (χ1n) is 8.98. The molecular weight excluding hydrogens is 365 g/mol. The van der Waals surface area contributed by atoms with Crippen LogP contribution in [0.15, 0.2) is 40.8 Å². The highest BCUT2D eigenvalue weighted by Gasteiger charge is 2.34. The number of carbonyl (C=O) groups is 1. The number of hydrogen-bond acceptors (Lipinski definition) is 4. The first-order valence-corrected chi connectivity index (χ1v) is 9.79. The van der Waals surface area contributed by atoms with Gasteiger partial charge >= 0.3 is 0 Å². The fourth-order valence-corrected chi connectivity index (χ4v) is 5.18. The van der Waals surface area contributed by atoms with Crippen molar-refractivity contribution in [3.63, 3.8) is 0 Å². The van der Waals surface area contributed by atoms with E-state index in [9.17, 15) is 9.18 Å². The van der Waals surface area contributed by atoms with E-state index >= 15 is 0 Å². The highest BCUT2D eigenvalue weighted by Crippen LogP contribution is 2.39. The monoisotopic (exact) mass is 384 g/mol. The summed E-state index contributed by atoms with van der Waals surface area (Å²) in [4.78, 5) is 15.5. The molecule has 5 rings (SSSR count). The van der Waals surface area contributed by atoms with Crippen molar-refractivity contribution in [3.05, 3.63) is 64.0 Å².